The third-order valence-electron chi connectivity index (χ3n) is 2.67. The number of rotatable bonds is 4. The second-order valence-corrected chi connectivity index (χ2v) is 10.0. The van der Waals surface area contributed by atoms with Crippen LogP contribution in [0.4, 0.5) is 0 Å². The first kappa shape index (κ1) is 10.8. The molecular formula is C12H22Si. The van der Waals surface area contributed by atoms with Crippen molar-refractivity contribution in [3.8, 4) is 0 Å². The molecule has 0 amide bonds. The Labute approximate surface area is 83.7 Å². The summed E-state index contributed by atoms with van der Waals surface area (Å²) in [7, 11) is -1.04. The van der Waals surface area contributed by atoms with Crippen LogP contribution in [0.5, 0.6) is 0 Å². The maximum absolute atomic E-state index is 2.45. The molecule has 0 atom stereocenters. The van der Waals surface area contributed by atoms with Gasteiger partial charge in [0.25, 0.3) is 0 Å². The topological polar surface area (TPSA) is 0 Å². The fraction of sp³-hybridized carbons (Fsp3) is 0.667. The number of unbranched alkanes of at least 4 members (excludes halogenated alkanes) is 1. The van der Waals surface area contributed by atoms with Gasteiger partial charge in [0.05, 0.1) is 8.07 Å². The molecule has 1 rings (SSSR count). The molecule has 1 aliphatic rings. The van der Waals surface area contributed by atoms with Crippen molar-refractivity contribution in [1.29, 1.82) is 0 Å². The predicted octanol–water partition coefficient (Wildman–Crippen LogP) is 4.31. The van der Waals surface area contributed by atoms with Crippen LogP contribution < -0.4 is 0 Å². The largest absolute Gasteiger partial charge is 0.0806 e. The van der Waals surface area contributed by atoms with Crippen molar-refractivity contribution in [2.24, 2.45) is 0 Å². The molecule has 0 aromatic heterocycles. The monoisotopic (exact) mass is 194 g/mol. The van der Waals surface area contributed by atoms with Crippen molar-refractivity contribution in [2.75, 3.05) is 0 Å². The lowest BCUT2D eigenvalue weighted by atomic mass is 10.1. The van der Waals surface area contributed by atoms with E-state index in [0.29, 0.717) is 0 Å². The van der Waals surface area contributed by atoms with Crippen LogP contribution in [-0.4, -0.2) is 8.07 Å². The van der Waals surface area contributed by atoms with Gasteiger partial charge in [-0.25, -0.2) is 0 Å². The minimum absolute atomic E-state index is 1.04. The fourth-order valence-electron chi connectivity index (χ4n) is 1.95. The summed E-state index contributed by atoms with van der Waals surface area (Å²) in [4.78, 5) is 0. The van der Waals surface area contributed by atoms with Crippen molar-refractivity contribution in [3.63, 3.8) is 0 Å². The van der Waals surface area contributed by atoms with E-state index >= 15 is 0 Å². The van der Waals surface area contributed by atoms with E-state index in [1.165, 1.54) is 25.7 Å². The van der Waals surface area contributed by atoms with Crippen LogP contribution in [0.1, 0.15) is 32.6 Å². The third kappa shape index (κ3) is 2.83. The maximum atomic E-state index is 2.45. The standard InChI is InChI=1S/C12H22Si/c1-5-6-8-11-9-7-10-12(11)13(2,3)4/h7,10H,5-6,8-9H2,1-4H3. The van der Waals surface area contributed by atoms with E-state index in [0.717, 1.165) is 0 Å². The van der Waals surface area contributed by atoms with Crippen LogP contribution in [-0.2, 0) is 0 Å². The Morgan fingerprint density at radius 3 is 2.54 bits per heavy atom. The molecule has 0 N–H and O–H groups in total. The first-order valence-electron chi connectivity index (χ1n) is 5.44. The molecule has 0 spiro atoms. The zero-order valence-corrected chi connectivity index (χ0v) is 10.5. The highest BCUT2D eigenvalue weighted by Crippen LogP contribution is 2.30. The van der Waals surface area contributed by atoms with Gasteiger partial charge in [-0.3, -0.25) is 0 Å². The Morgan fingerprint density at radius 1 is 1.31 bits per heavy atom. The summed E-state index contributed by atoms with van der Waals surface area (Å²) in [6, 6.07) is 0. The molecule has 0 heterocycles. The van der Waals surface area contributed by atoms with Crippen molar-refractivity contribution in [1.82, 2.24) is 0 Å². The fourth-order valence-corrected chi connectivity index (χ4v) is 3.86. The van der Waals surface area contributed by atoms with Gasteiger partial charge >= 0.3 is 0 Å². The normalized spacial score (nSPS) is 17.2. The number of hydrogen-bond acceptors (Lipinski definition) is 0. The van der Waals surface area contributed by atoms with E-state index in [-0.39, 0.29) is 0 Å². The van der Waals surface area contributed by atoms with Crippen molar-refractivity contribution < 1.29 is 0 Å². The van der Waals surface area contributed by atoms with Gasteiger partial charge < -0.3 is 0 Å². The van der Waals surface area contributed by atoms with E-state index in [1.54, 1.807) is 10.8 Å². The Morgan fingerprint density at radius 2 is 2.00 bits per heavy atom. The van der Waals surface area contributed by atoms with Crippen LogP contribution in [0.2, 0.25) is 19.6 Å². The van der Waals surface area contributed by atoms with Crippen molar-refractivity contribution >= 4 is 8.07 Å². The SMILES string of the molecule is CCCCC1=C([Si](C)(C)C)C=CC1. The molecule has 1 heteroatoms. The molecule has 0 radical (unpaired) electrons. The Balaban J connectivity index is 2.70. The molecule has 13 heavy (non-hydrogen) atoms. The molecule has 0 aromatic rings. The highest BCUT2D eigenvalue weighted by molar-refractivity contribution is 6.83. The summed E-state index contributed by atoms with van der Waals surface area (Å²) in [5.41, 5.74) is 1.74. The maximum Gasteiger partial charge on any atom is 0.0775 e. The highest BCUT2D eigenvalue weighted by atomic mass is 28.3. The van der Waals surface area contributed by atoms with Crippen LogP contribution in [0, 0.1) is 0 Å². The molecular weight excluding hydrogens is 172 g/mol. The molecule has 0 aliphatic heterocycles. The molecule has 0 saturated carbocycles. The summed E-state index contributed by atoms with van der Waals surface area (Å²) in [6.45, 7) is 9.62. The molecule has 0 saturated heterocycles. The molecule has 0 bridgehead atoms. The molecule has 74 valence electrons. The summed E-state index contributed by atoms with van der Waals surface area (Å²) < 4.78 is 0. The minimum atomic E-state index is -1.04. The van der Waals surface area contributed by atoms with E-state index in [9.17, 15) is 0 Å². The average molecular weight is 194 g/mol. The smallest absolute Gasteiger partial charge is 0.0775 e. The molecule has 0 fully saturated rings. The van der Waals surface area contributed by atoms with Gasteiger partial charge in [0.1, 0.15) is 0 Å². The van der Waals surface area contributed by atoms with Crippen LogP contribution >= 0.6 is 0 Å². The van der Waals surface area contributed by atoms with Gasteiger partial charge in [-0.1, -0.05) is 55.9 Å². The lowest BCUT2D eigenvalue weighted by molar-refractivity contribution is 0.777. The molecule has 0 aromatic carbocycles. The lowest BCUT2D eigenvalue weighted by Gasteiger charge is -2.19. The van der Waals surface area contributed by atoms with Gasteiger partial charge in [-0.15, -0.1) is 0 Å². The van der Waals surface area contributed by atoms with Crippen molar-refractivity contribution in [2.45, 2.75) is 52.2 Å². The van der Waals surface area contributed by atoms with Gasteiger partial charge in [0, 0.05) is 0 Å². The zero-order valence-electron chi connectivity index (χ0n) is 9.48. The first-order valence-corrected chi connectivity index (χ1v) is 8.94. The van der Waals surface area contributed by atoms with Gasteiger partial charge in [0.2, 0.25) is 0 Å². The second kappa shape index (κ2) is 4.27. The molecule has 1 aliphatic carbocycles. The molecule has 0 unspecified atom stereocenters. The zero-order chi connectivity index (χ0) is 9.90. The van der Waals surface area contributed by atoms with Crippen LogP contribution in [0.25, 0.3) is 0 Å². The third-order valence-corrected chi connectivity index (χ3v) is 4.81. The van der Waals surface area contributed by atoms with E-state index in [1.807, 2.05) is 0 Å². The van der Waals surface area contributed by atoms with Crippen LogP contribution in [0.15, 0.2) is 22.9 Å². The predicted molar refractivity (Wildman–Crippen MR) is 63.7 cm³/mol. The Bertz CT molecular complexity index is 228. The first-order chi connectivity index (χ1) is 6.05. The number of hydrogen-bond donors (Lipinski definition) is 0. The quantitative estimate of drug-likeness (QED) is 0.585. The van der Waals surface area contributed by atoms with Gasteiger partial charge in [-0.2, -0.15) is 0 Å². The summed E-state index contributed by atoms with van der Waals surface area (Å²) in [5, 5.41) is 1.72. The van der Waals surface area contributed by atoms with E-state index in [4.69, 9.17) is 0 Å². The van der Waals surface area contributed by atoms with E-state index < -0.39 is 8.07 Å². The lowest BCUT2D eigenvalue weighted by Crippen LogP contribution is -2.23. The number of allylic oxidation sites excluding steroid dienone is 4. The van der Waals surface area contributed by atoms with Crippen molar-refractivity contribution in [3.05, 3.63) is 22.9 Å². The highest BCUT2D eigenvalue weighted by Gasteiger charge is 2.22. The minimum Gasteiger partial charge on any atom is -0.0806 e. The Hall–Kier alpha value is -0.303. The summed E-state index contributed by atoms with van der Waals surface area (Å²) in [6.07, 6.45) is 9.99. The second-order valence-electron chi connectivity index (χ2n) is 4.98. The molecule has 0 nitrogen and oxygen atoms in total. The van der Waals surface area contributed by atoms with Crippen LogP contribution in [0.3, 0.4) is 0 Å². The average Bonchev–Trinajstić information content (AvgIpc) is 2.47. The van der Waals surface area contributed by atoms with Gasteiger partial charge in [0.15, 0.2) is 0 Å². The Kier molecular flexibility index (Phi) is 3.54. The van der Waals surface area contributed by atoms with Gasteiger partial charge in [-0.05, 0) is 19.3 Å². The van der Waals surface area contributed by atoms with E-state index in [2.05, 4.69) is 38.7 Å². The summed E-state index contributed by atoms with van der Waals surface area (Å²) in [5.74, 6) is 0. The summed E-state index contributed by atoms with van der Waals surface area (Å²) >= 11 is 0.